The summed E-state index contributed by atoms with van der Waals surface area (Å²) in [6.45, 7) is 6.58. The Morgan fingerprint density at radius 2 is 2.23 bits per heavy atom. The monoisotopic (exact) mass is 305 g/mol. The summed E-state index contributed by atoms with van der Waals surface area (Å²) in [5.41, 5.74) is 0.727. The molecular formula is C16H23N3O3. The van der Waals surface area contributed by atoms with Crippen LogP contribution < -0.4 is 10.9 Å². The van der Waals surface area contributed by atoms with Crippen LogP contribution in [0.4, 0.5) is 5.69 Å². The van der Waals surface area contributed by atoms with Crippen molar-refractivity contribution in [1.29, 1.82) is 0 Å². The minimum atomic E-state index is -1.07. The summed E-state index contributed by atoms with van der Waals surface area (Å²) in [5.74, 6) is 0.954. The van der Waals surface area contributed by atoms with Gasteiger partial charge in [0, 0.05) is 12.1 Å². The third kappa shape index (κ3) is 2.40. The normalized spacial score (nSPS) is 32.1. The fraction of sp³-hybridized carbons (Fsp3) is 0.688. The maximum Gasteiger partial charge on any atom is 0.325 e. The largest absolute Gasteiger partial charge is 0.480 e. The van der Waals surface area contributed by atoms with Crippen LogP contribution in [0, 0.1) is 23.2 Å². The molecule has 0 unspecified atom stereocenters. The summed E-state index contributed by atoms with van der Waals surface area (Å²) < 4.78 is 0.957. The number of aromatic nitrogens is 2. The summed E-state index contributed by atoms with van der Waals surface area (Å²) in [7, 11) is 0. The summed E-state index contributed by atoms with van der Waals surface area (Å²) >= 11 is 0. The van der Waals surface area contributed by atoms with Crippen LogP contribution in [-0.4, -0.2) is 26.9 Å². The Kier molecular flexibility index (Phi) is 3.50. The molecule has 22 heavy (non-hydrogen) atoms. The van der Waals surface area contributed by atoms with Gasteiger partial charge in [-0.25, -0.2) is 4.68 Å². The van der Waals surface area contributed by atoms with E-state index in [0.29, 0.717) is 23.1 Å². The summed E-state index contributed by atoms with van der Waals surface area (Å²) in [6, 6.07) is 1.79. The van der Waals surface area contributed by atoms with E-state index in [1.54, 1.807) is 6.20 Å². The number of anilines is 1. The van der Waals surface area contributed by atoms with Gasteiger partial charge in [-0.05, 0) is 36.0 Å². The van der Waals surface area contributed by atoms with Crippen molar-refractivity contribution in [3.8, 4) is 0 Å². The van der Waals surface area contributed by atoms with E-state index in [4.69, 9.17) is 5.11 Å². The van der Waals surface area contributed by atoms with Crippen molar-refractivity contribution in [2.75, 3.05) is 5.32 Å². The first-order valence-corrected chi connectivity index (χ1v) is 7.84. The Balaban J connectivity index is 1.71. The predicted octanol–water partition coefficient (Wildman–Crippen LogP) is 1.81. The molecule has 3 fully saturated rings. The fourth-order valence-electron chi connectivity index (χ4n) is 4.31. The van der Waals surface area contributed by atoms with Crippen LogP contribution in [0.1, 0.15) is 33.6 Å². The van der Waals surface area contributed by atoms with E-state index in [9.17, 15) is 9.59 Å². The first-order valence-electron chi connectivity index (χ1n) is 7.84. The van der Waals surface area contributed by atoms with Crippen LogP contribution in [0.3, 0.4) is 0 Å². The molecule has 6 heteroatoms. The number of hydrogen-bond acceptors (Lipinski definition) is 4. The Morgan fingerprint density at radius 3 is 2.77 bits per heavy atom. The molecule has 1 aromatic heterocycles. The van der Waals surface area contributed by atoms with E-state index in [2.05, 4.69) is 31.2 Å². The molecule has 1 heterocycles. The van der Waals surface area contributed by atoms with E-state index < -0.39 is 12.5 Å². The second kappa shape index (κ2) is 5.11. The van der Waals surface area contributed by atoms with Crippen LogP contribution in [0.15, 0.2) is 17.1 Å². The van der Waals surface area contributed by atoms with E-state index in [-0.39, 0.29) is 5.56 Å². The molecule has 3 aliphatic rings. The predicted molar refractivity (Wildman–Crippen MR) is 82.7 cm³/mol. The number of carbonyl (C=O) groups is 1. The van der Waals surface area contributed by atoms with E-state index in [1.807, 2.05) is 0 Å². The molecule has 120 valence electrons. The highest BCUT2D eigenvalue weighted by Crippen LogP contribution is 2.61. The number of fused-ring (bicyclic) bond motifs is 2. The molecule has 0 amide bonds. The topological polar surface area (TPSA) is 84.2 Å². The van der Waals surface area contributed by atoms with Crippen molar-refractivity contribution in [2.24, 2.45) is 23.2 Å². The Hall–Kier alpha value is -1.85. The molecule has 0 spiro atoms. The van der Waals surface area contributed by atoms with Gasteiger partial charge < -0.3 is 10.4 Å². The number of nitrogens with one attached hydrogen (secondary N) is 1. The van der Waals surface area contributed by atoms with Gasteiger partial charge in [0.2, 0.25) is 0 Å². The third-order valence-electron chi connectivity index (χ3n) is 5.86. The zero-order valence-electron chi connectivity index (χ0n) is 13.2. The highest BCUT2D eigenvalue weighted by molar-refractivity contribution is 5.66. The van der Waals surface area contributed by atoms with Crippen molar-refractivity contribution < 1.29 is 9.90 Å². The molecule has 3 saturated carbocycles. The quantitative estimate of drug-likeness (QED) is 0.886. The Labute approximate surface area is 129 Å². The molecule has 0 saturated heterocycles. The molecule has 2 N–H and O–H groups in total. The first-order chi connectivity index (χ1) is 10.3. The van der Waals surface area contributed by atoms with Crippen LogP contribution >= 0.6 is 0 Å². The van der Waals surface area contributed by atoms with Crippen LogP contribution in [0.25, 0.3) is 0 Å². The Bertz CT molecular complexity index is 652. The molecule has 4 rings (SSSR count). The number of carboxylic acids is 1. The number of rotatable bonds is 4. The Morgan fingerprint density at radius 1 is 1.50 bits per heavy atom. The number of carboxylic acid groups (broad SMARTS) is 1. The first kappa shape index (κ1) is 15.1. The lowest BCUT2D eigenvalue weighted by atomic mass is 9.45. The average Bonchev–Trinajstić information content (AvgIpc) is 2.43. The molecule has 0 aliphatic heterocycles. The molecule has 6 nitrogen and oxygen atoms in total. The van der Waals surface area contributed by atoms with Crippen LogP contribution in [0.5, 0.6) is 0 Å². The van der Waals surface area contributed by atoms with Gasteiger partial charge in [-0.3, -0.25) is 9.59 Å². The van der Waals surface area contributed by atoms with Gasteiger partial charge in [0.1, 0.15) is 6.54 Å². The minimum Gasteiger partial charge on any atom is -0.480 e. The maximum absolute atomic E-state index is 11.9. The summed E-state index contributed by atoms with van der Waals surface area (Å²) in [6.07, 6.45) is 3.97. The smallest absolute Gasteiger partial charge is 0.325 e. The second-order valence-corrected chi connectivity index (χ2v) is 7.34. The van der Waals surface area contributed by atoms with Crippen LogP contribution in [0.2, 0.25) is 0 Å². The van der Waals surface area contributed by atoms with Crippen LogP contribution in [-0.2, 0) is 11.3 Å². The fourth-order valence-corrected chi connectivity index (χ4v) is 4.31. The van der Waals surface area contributed by atoms with Gasteiger partial charge >= 0.3 is 5.97 Å². The average molecular weight is 305 g/mol. The second-order valence-electron chi connectivity index (χ2n) is 7.34. The summed E-state index contributed by atoms with van der Waals surface area (Å²) in [5, 5.41) is 16.1. The van der Waals surface area contributed by atoms with Gasteiger partial charge in [-0.2, -0.15) is 5.10 Å². The number of hydrogen-bond donors (Lipinski definition) is 2. The van der Waals surface area contributed by atoms with E-state index in [0.717, 1.165) is 22.9 Å². The van der Waals surface area contributed by atoms with Gasteiger partial charge in [-0.15, -0.1) is 0 Å². The summed E-state index contributed by atoms with van der Waals surface area (Å²) in [4.78, 5) is 22.5. The highest BCUT2D eigenvalue weighted by Gasteiger charge is 2.56. The van der Waals surface area contributed by atoms with Crippen molar-refractivity contribution in [1.82, 2.24) is 9.78 Å². The van der Waals surface area contributed by atoms with Crippen molar-refractivity contribution >= 4 is 11.7 Å². The molecule has 2 bridgehead atoms. The lowest BCUT2D eigenvalue weighted by molar-refractivity contribution is -0.138. The standard InChI is InChI=1S/C16H23N3O3/c1-9-12-4-10(16(12,2)3)5-13(9)18-11-6-14(20)19(17-7-11)8-15(21)22/h6-7,9-10,12-13,18H,4-5,8H2,1-3H3,(H,21,22)/t9-,10-,12+,13-/m1/s1. The molecule has 3 aliphatic carbocycles. The van der Waals surface area contributed by atoms with Gasteiger partial charge in [-0.1, -0.05) is 20.8 Å². The van der Waals surface area contributed by atoms with E-state index >= 15 is 0 Å². The highest BCUT2D eigenvalue weighted by atomic mass is 16.4. The molecule has 0 radical (unpaired) electrons. The number of aliphatic carboxylic acids is 1. The van der Waals surface area contributed by atoms with Gasteiger partial charge in [0.15, 0.2) is 0 Å². The zero-order valence-corrected chi connectivity index (χ0v) is 13.2. The maximum atomic E-state index is 11.9. The van der Waals surface area contributed by atoms with Gasteiger partial charge in [0.25, 0.3) is 5.56 Å². The molecule has 4 atom stereocenters. The molecule has 0 aromatic carbocycles. The molecular weight excluding hydrogens is 282 g/mol. The van der Waals surface area contributed by atoms with Gasteiger partial charge in [0.05, 0.1) is 11.9 Å². The molecule has 1 aromatic rings. The zero-order chi connectivity index (χ0) is 16.1. The lowest BCUT2D eigenvalue weighted by Crippen LogP contribution is -2.58. The van der Waals surface area contributed by atoms with E-state index in [1.165, 1.54) is 12.5 Å². The van der Waals surface area contributed by atoms with Crippen molar-refractivity contribution in [3.63, 3.8) is 0 Å². The van der Waals surface area contributed by atoms with Crippen molar-refractivity contribution in [3.05, 3.63) is 22.6 Å². The SMILES string of the molecule is C[C@H]1[C@H](Nc2cnn(CC(=O)O)c(=O)c2)C[C@H]2C[C@@H]1C2(C)C. The number of nitrogens with zero attached hydrogens (tertiary/aromatic N) is 2. The lowest BCUT2D eigenvalue weighted by Gasteiger charge is -2.62. The minimum absolute atomic E-state index is 0.355. The third-order valence-corrected chi connectivity index (χ3v) is 5.86. The van der Waals surface area contributed by atoms with Crippen molar-refractivity contribution in [2.45, 2.75) is 46.2 Å².